The zero-order chi connectivity index (χ0) is 24.2. The molecular weight excluding hydrogens is 456 g/mol. The first-order valence-electron chi connectivity index (χ1n) is 11.1. The van der Waals surface area contributed by atoms with Crippen LogP contribution in [0.2, 0.25) is 0 Å². The van der Waals surface area contributed by atoms with Crippen LogP contribution in [-0.2, 0) is 0 Å². The maximum Gasteiger partial charge on any atom is 0.204 e. The zero-order valence-corrected chi connectivity index (χ0v) is 18.5. The Labute approximate surface area is 201 Å². The Bertz CT molecular complexity index is 2090. The van der Waals surface area contributed by atoms with Gasteiger partial charge in [-0.2, -0.15) is 0 Å². The molecule has 0 unspecified atom stereocenters. The Morgan fingerprint density at radius 3 is 1.67 bits per heavy atom. The van der Waals surface area contributed by atoms with Crippen LogP contribution in [0, 0.1) is 0 Å². The number of fused-ring (bicyclic) bond motifs is 5. The molecule has 0 spiro atoms. The van der Waals surface area contributed by atoms with Crippen molar-refractivity contribution in [3.05, 3.63) is 106 Å². The van der Waals surface area contributed by atoms with Gasteiger partial charge in [0.25, 0.3) is 0 Å². The standard InChI is InChI=1S/C28H14N4O4/c33-24-17-5-3-16(28-31-11-2-12-32-28)14-22(17)36-26-19(24)7-8-20-23(26)25(34)18-6-4-15(13-21(18)35-20)27-29-9-1-10-30-27/h1-14H. The summed E-state index contributed by atoms with van der Waals surface area (Å²) in [5.74, 6) is 1.03. The molecule has 0 fully saturated rings. The first-order chi connectivity index (χ1) is 17.7. The minimum atomic E-state index is -0.289. The zero-order valence-electron chi connectivity index (χ0n) is 18.5. The number of hydrogen-bond acceptors (Lipinski definition) is 8. The molecule has 7 rings (SSSR count). The van der Waals surface area contributed by atoms with E-state index >= 15 is 0 Å². The summed E-state index contributed by atoms with van der Waals surface area (Å²) < 4.78 is 12.3. The van der Waals surface area contributed by atoms with Crippen LogP contribution in [0.5, 0.6) is 0 Å². The third kappa shape index (κ3) is 3.01. The fraction of sp³-hybridized carbons (Fsp3) is 0. The summed E-state index contributed by atoms with van der Waals surface area (Å²) in [6.07, 6.45) is 6.58. The summed E-state index contributed by atoms with van der Waals surface area (Å²) in [6.45, 7) is 0. The van der Waals surface area contributed by atoms with Crippen molar-refractivity contribution < 1.29 is 8.83 Å². The molecule has 170 valence electrons. The second kappa shape index (κ2) is 7.64. The van der Waals surface area contributed by atoms with E-state index in [4.69, 9.17) is 8.83 Å². The maximum absolute atomic E-state index is 13.6. The predicted octanol–water partition coefficient (Wildman–Crippen LogP) is 5.12. The van der Waals surface area contributed by atoms with E-state index in [-0.39, 0.29) is 21.8 Å². The summed E-state index contributed by atoms with van der Waals surface area (Å²) in [6, 6.07) is 17.1. The third-order valence-electron chi connectivity index (χ3n) is 6.12. The first kappa shape index (κ1) is 20.2. The summed E-state index contributed by atoms with van der Waals surface area (Å²) in [5.41, 5.74) is 2.12. The quantitative estimate of drug-likeness (QED) is 0.253. The molecule has 8 nitrogen and oxygen atoms in total. The van der Waals surface area contributed by atoms with Gasteiger partial charge in [-0.3, -0.25) is 9.59 Å². The molecule has 36 heavy (non-hydrogen) atoms. The van der Waals surface area contributed by atoms with Crippen molar-refractivity contribution in [3.63, 3.8) is 0 Å². The lowest BCUT2D eigenvalue weighted by Crippen LogP contribution is -2.07. The second-order valence-corrected chi connectivity index (χ2v) is 8.24. The SMILES string of the molecule is O=c1c2ccc(-c3ncccn3)cc2oc2c1ccc1oc3cc(-c4ncccn4)ccc3c(=O)c12. The highest BCUT2D eigenvalue weighted by molar-refractivity contribution is 6.07. The predicted molar refractivity (Wildman–Crippen MR) is 136 cm³/mol. The molecule has 0 atom stereocenters. The van der Waals surface area contributed by atoms with Gasteiger partial charge in [-0.25, -0.2) is 19.9 Å². The van der Waals surface area contributed by atoms with Crippen LogP contribution in [-0.4, -0.2) is 19.9 Å². The molecule has 0 radical (unpaired) electrons. The summed E-state index contributed by atoms with van der Waals surface area (Å²) >= 11 is 0. The van der Waals surface area contributed by atoms with Gasteiger partial charge in [0.15, 0.2) is 17.2 Å². The van der Waals surface area contributed by atoms with Gasteiger partial charge >= 0.3 is 0 Å². The van der Waals surface area contributed by atoms with Crippen LogP contribution >= 0.6 is 0 Å². The normalized spacial score (nSPS) is 11.6. The Kier molecular flexibility index (Phi) is 4.28. The minimum absolute atomic E-state index is 0.183. The van der Waals surface area contributed by atoms with Gasteiger partial charge in [-0.1, -0.05) is 12.1 Å². The number of rotatable bonds is 2. The Morgan fingerprint density at radius 2 is 1.06 bits per heavy atom. The van der Waals surface area contributed by atoms with Gasteiger partial charge in [0.2, 0.25) is 10.9 Å². The molecule has 0 amide bonds. The van der Waals surface area contributed by atoms with Crippen molar-refractivity contribution in [2.75, 3.05) is 0 Å². The van der Waals surface area contributed by atoms with Crippen LogP contribution < -0.4 is 10.9 Å². The minimum Gasteiger partial charge on any atom is -0.456 e. The van der Waals surface area contributed by atoms with E-state index in [1.165, 1.54) is 0 Å². The van der Waals surface area contributed by atoms with Crippen molar-refractivity contribution in [2.24, 2.45) is 0 Å². The molecule has 4 aromatic heterocycles. The second-order valence-electron chi connectivity index (χ2n) is 8.24. The van der Waals surface area contributed by atoms with Crippen LogP contribution in [0.25, 0.3) is 66.7 Å². The Morgan fingerprint density at radius 1 is 0.528 bits per heavy atom. The lowest BCUT2D eigenvalue weighted by Gasteiger charge is -2.08. The number of nitrogens with zero attached hydrogens (tertiary/aromatic N) is 4. The molecule has 3 aromatic carbocycles. The lowest BCUT2D eigenvalue weighted by molar-refractivity contribution is 0.649. The molecule has 0 saturated heterocycles. The fourth-order valence-electron chi connectivity index (χ4n) is 4.42. The highest BCUT2D eigenvalue weighted by Gasteiger charge is 2.17. The van der Waals surface area contributed by atoms with Crippen molar-refractivity contribution in [1.29, 1.82) is 0 Å². The van der Waals surface area contributed by atoms with Gasteiger partial charge in [-0.15, -0.1) is 0 Å². The van der Waals surface area contributed by atoms with Crippen molar-refractivity contribution in [2.45, 2.75) is 0 Å². The van der Waals surface area contributed by atoms with Gasteiger partial charge in [0.1, 0.15) is 22.1 Å². The van der Waals surface area contributed by atoms with Gasteiger partial charge in [0.05, 0.1) is 16.2 Å². The average molecular weight is 470 g/mol. The molecule has 0 bridgehead atoms. The van der Waals surface area contributed by atoms with Crippen molar-refractivity contribution in [1.82, 2.24) is 19.9 Å². The maximum atomic E-state index is 13.6. The molecule has 0 N–H and O–H groups in total. The summed E-state index contributed by atoms with van der Waals surface area (Å²) in [4.78, 5) is 44.0. The average Bonchev–Trinajstić information content (AvgIpc) is 2.93. The monoisotopic (exact) mass is 470 g/mol. The van der Waals surface area contributed by atoms with E-state index in [0.717, 1.165) is 5.56 Å². The lowest BCUT2D eigenvalue weighted by atomic mass is 10.0. The van der Waals surface area contributed by atoms with Crippen molar-refractivity contribution in [3.8, 4) is 22.8 Å². The summed E-state index contributed by atoms with van der Waals surface area (Å²) in [7, 11) is 0. The van der Waals surface area contributed by atoms with E-state index in [9.17, 15) is 9.59 Å². The third-order valence-corrected chi connectivity index (χ3v) is 6.12. The van der Waals surface area contributed by atoms with E-state index < -0.39 is 0 Å². The number of benzene rings is 3. The highest BCUT2D eigenvalue weighted by atomic mass is 16.3. The number of hydrogen-bond donors (Lipinski definition) is 0. The van der Waals surface area contributed by atoms with E-state index in [2.05, 4.69) is 19.9 Å². The first-order valence-corrected chi connectivity index (χ1v) is 11.1. The highest BCUT2D eigenvalue weighted by Crippen LogP contribution is 2.30. The van der Waals surface area contributed by atoms with E-state index in [1.807, 2.05) is 0 Å². The van der Waals surface area contributed by atoms with Crippen molar-refractivity contribution >= 4 is 43.9 Å². The molecule has 7 aromatic rings. The molecule has 0 saturated carbocycles. The molecule has 4 heterocycles. The van der Waals surface area contributed by atoms with Crippen LogP contribution in [0.3, 0.4) is 0 Å². The molecule has 8 heteroatoms. The van der Waals surface area contributed by atoms with Gasteiger partial charge in [0, 0.05) is 35.9 Å². The molecule has 0 aliphatic carbocycles. The van der Waals surface area contributed by atoms with E-state index in [1.54, 1.807) is 85.5 Å². The van der Waals surface area contributed by atoms with Gasteiger partial charge in [-0.05, 0) is 48.5 Å². The largest absolute Gasteiger partial charge is 0.456 e. The Balaban J connectivity index is 1.52. The number of aromatic nitrogens is 4. The van der Waals surface area contributed by atoms with Crippen LogP contribution in [0.15, 0.2) is 104 Å². The van der Waals surface area contributed by atoms with Gasteiger partial charge < -0.3 is 8.83 Å². The van der Waals surface area contributed by atoms with E-state index in [0.29, 0.717) is 50.1 Å². The van der Waals surface area contributed by atoms with Crippen LogP contribution in [0.4, 0.5) is 0 Å². The van der Waals surface area contributed by atoms with Crippen LogP contribution in [0.1, 0.15) is 0 Å². The molecule has 0 aliphatic rings. The topological polar surface area (TPSA) is 112 Å². The Hall–Kier alpha value is -5.24. The molecule has 0 aliphatic heterocycles. The smallest absolute Gasteiger partial charge is 0.204 e. The fourth-order valence-corrected chi connectivity index (χ4v) is 4.42. The summed E-state index contributed by atoms with van der Waals surface area (Å²) in [5, 5.41) is 1.28. The molecular formula is C28H14N4O4.